The topological polar surface area (TPSA) is 25.8 Å². The van der Waals surface area contributed by atoms with E-state index in [9.17, 15) is 0 Å². The van der Waals surface area contributed by atoms with Crippen molar-refractivity contribution in [3.63, 3.8) is 0 Å². The van der Waals surface area contributed by atoms with Gasteiger partial charge >= 0.3 is 0 Å². The molecule has 2 saturated carbocycles. The molecule has 0 saturated heterocycles. The average molecular weight is 294 g/mol. The Morgan fingerprint density at radius 3 is 2.55 bits per heavy atom. The van der Waals surface area contributed by atoms with Gasteiger partial charge in [-0.2, -0.15) is 0 Å². The van der Waals surface area contributed by atoms with Crippen LogP contribution in [0, 0.1) is 18.8 Å². The number of aryl methyl sites for hydroxylation is 1. The lowest BCUT2D eigenvalue weighted by Crippen LogP contribution is -2.15. The van der Waals surface area contributed by atoms with Crippen LogP contribution in [0.5, 0.6) is 0 Å². The van der Waals surface area contributed by atoms with Crippen molar-refractivity contribution in [2.45, 2.75) is 64.7 Å². The Hall–Kier alpha value is -1.44. The Balaban J connectivity index is 1.92. The molecule has 22 heavy (non-hydrogen) atoms. The van der Waals surface area contributed by atoms with Crippen LogP contribution in [0.2, 0.25) is 0 Å². The Morgan fingerprint density at radius 1 is 1.09 bits per heavy atom. The fourth-order valence-corrected chi connectivity index (χ4v) is 4.60. The summed E-state index contributed by atoms with van der Waals surface area (Å²) in [5.41, 5.74) is 4.30. The molecule has 2 aliphatic rings. The standard InChI is InChI=1S/C20H26N2/c1-12-21-11-15-9-16(20(2,3)4)10-18(19(15)22-12)17-8-13-5-6-14(17)7-13/h9-11,13-14,17H,5-8H2,1-4H3. The van der Waals surface area contributed by atoms with E-state index in [-0.39, 0.29) is 5.41 Å². The van der Waals surface area contributed by atoms with Gasteiger partial charge in [0, 0.05) is 11.6 Å². The summed E-state index contributed by atoms with van der Waals surface area (Å²) in [5, 5.41) is 1.22. The molecule has 1 aromatic carbocycles. The molecule has 2 nitrogen and oxygen atoms in total. The molecular weight excluding hydrogens is 268 g/mol. The number of rotatable bonds is 1. The van der Waals surface area contributed by atoms with Gasteiger partial charge in [-0.15, -0.1) is 0 Å². The van der Waals surface area contributed by atoms with Crippen molar-refractivity contribution in [2.75, 3.05) is 0 Å². The Labute approximate surface area is 133 Å². The van der Waals surface area contributed by atoms with E-state index in [1.807, 2.05) is 13.1 Å². The smallest absolute Gasteiger partial charge is 0.125 e. The summed E-state index contributed by atoms with van der Waals surface area (Å²) in [7, 11) is 0. The first-order chi connectivity index (χ1) is 10.4. The zero-order valence-corrected chi connectivity index (χ0v) is 14.2. The van der Waals surface area contributed by atoms with E-state index in [1.165, 1.54) is 47.7 Å². The molecule has 0 radical (unpaired) electrons. The van der Waals surface area contributed by atoms with Gasteiger partial charge in [0.25, 0.3) is 0 Å². The van der Waals surface area contributed by atoms with Crippen molar-refractivity contribution in [2.24, 2.45) is 11.8 Å². The first kappa shape index (κ1) is 14.2. The Morgan fingerprint density at radius 2 is 1.91 bits per heavy atom. The van der Waals surface area contributed by atoms with Crippen LogP contribution in [0.4, 0.5) is 0 Å². The number of nitrogens with zero attached hydrogens (tertiary/aromatic N) is 2. The van der Waals surface area contributed by atoms with E-state index in [2.05, 4.69) is 37.9 Å². The highest BCUT2D eigenvalue weighted by Crippen LogP contribution is 2.54. The van der Waals surface area contributed by atoms with Gasteiger partial charge in [0.1, 0.15) is 5.82 Å². The summed E-state index contributed by atoms with van der Waals surface area (Å²) < 4.78 is 0. The normalized spacial score (nSPS) is 27.7. The van der Waals surface area contributed by atoms with Crippen molar-refractivity contribution in [3.05, 3.63) is 35.3 Å². The molecule has 0 spiro atoms. The molecule has 0 amide bonds. The monoisotopic (exact) mass is 294 g/mol. The lowest BCUT2D eigenvalue weighted by Gasteiger charge is -2.26. The van der Waals surface area contributed by atoms with Crippen molar-refractivity contribution in [1.29, 1.82) is 0 Å². The zero-order valence-electron chi connectivity index (χ0n) is 14.2. The van der Waals surface area contributed by atoms with Crippen LogP contribution in [0.25, 0.3) is 10.9 Å². The lowest BCUT2D eigenvalue weighted by atomic mass is 9.78. The van der Waals surface area contributed by atoms with Crippen LogP contribution in [-0.4, -0.2) is 9.97 Å². The average Bonchev–Trinajstić information content (AvgIpc) is 3.07. The van der Waals surface area contributed by atoms with Crippen molar-refractivity contribution >= 4 is 10.9 Å². The third kappa shape index (κ3) is 2.24. The first-order valence-corrected chi connectivity index (χ1v) is 8.69. The molecule has 2 bridgehead atoms. The molecule has 3 unspecified atom stereocenters. The number of hydrogen-bond donors (Lipinski definition) is 0. The quantitative estimate of drug-likeness (QED) is 0.728. The van der Waals surface area contributed by atoms with E-state index in [0.717, 1.165) is 23.6 Å². The second kappa shape index (κ2) is 4.78. The maximum Gasteiger partial charge on any atom is 0.125 e. The van der Waals surface area contributed by atoms with Crippen LogP contribution in [0.1, 0.15) is 69.3 Å². The maximum absolute atomic E-state index is 4.82. The van der Waals surface area contributed by atoms with Gasteiger partial charge in [-0.05, 0) is 66.5 Å². The Bertz CT molecular complexity index is 726. The van der Waals surface area contributed by atoms with E-state index in [1.54, 1.807) is 0 Å². The molecule has 1 aromatic heterocycles. The molecule has 0 aliphatic heterocycles. The maximum atomic E-state index is 4.82. The van der Waals surface area contributed by atoms with Gasteiger partial charge < -0.3 is 0 Å². The van der Waals surface area contributed by atoms with Crippen LogP contribution >= 0.6 is 0 Å². The fraction of sp³-hybridized carbons (Fsp3) is 0.600. The van der Waals surface area contributed by atoms with Gasteiger partial charge in [0.05, 0.1) is 5.52 Å². The molecule has 2 aliphatic carbocycles. The van der Waals surface area contributed by atoms with E-state index < -0.39 is 0 Å². The summed E-state index contributed by atoms with van der Waals surface area (Å²) in [5.74, 6) is 3.46. The third-order valence-electron chi connectivity index (χ3n) is 5.84. The van der Waals surface area contributed by atoms with Gasteiger partial charge in [-0.25, -0.2) is 9.97 Å². The van der Waals surface area contributed by atoms with Crippen molar-refractivity contribution in [1.82, 2.24) is 9.97 Å². The molecular formula is C20H26N2. The number of benzene rings is 1. The highest BCUT2D eigenvalue weighted by atomic mass is 14.9. The summed E-state index contributed by atoms with van der Waals surface area (Å²) in [6.07, 6.45) is 7.70. The highest BCUT2D eigenvalue weighted by Gasteiger charge is 2.41. The number of fused-ring (bicyclic) bond motifs is 3. The largest absolute Gasteiger partial charge is 0.241 e. The summed E-state index contributed by atoms with van der Waals surface area (Å²) in [6.45, 7) is 8.90. The molecule has 2 fully saturated rings. The third-order valence-corrected chi connectivity index (χ3v) is 5.84. The minimum Gasteiger partial charge on any atom is -0.241 e. The summed E-state index contributed by atoms with van der Waals surface area (Å²) in [4.78, 5) is 9.25. The van der Waals surface area contributed by atoms with Crippen LogP contribution < -0.4 is 0 Å². The van der Waals surface area contributed by atoms with Crippen molar-refractivity contribution in [3.8, 4) is 0 Å². The lowest BCUT2D eigenvalue weighted by molar-refractivity contribution is 0.421. The number of aromatic nitrogens is 2. The van der Waals surface area contributed by atoms with E-state index in [4.69, 9.17) is 4.98 Å². The summed E-state index contributed by atoms with van der Waals surface area (Å²) >= 11 is 0. The zero-order chi connectivity index (χ0) is 15.5. The SMILES string of the molecule is Cc1ncc2cc(C(C)(C)C)cc(C3CC4CCC3C4)c2n1. The predicted octanol–water partition coefficient (Wildman–Crippen LogP) is 5.14. The molecule has 116 valence electrons. The van der Waals surface area contributed by atoms with E-state index in [0.29, 0.717) is 0 Å². The summed E-state index contributed by atoms with van der Waals surface area (Å²) in [6, 6.07) is 4.76. The fourth-order valence-electron chi connectivity index (χ4n) is 4.60. The molecule has 2 aromatic rings. The van der Waals surface area contributed by atoms with Gasteiger partial charge in [0.2, 0.25) is 0 Å². The van der Waals surface area contributed by atoms with E-state index >= 15 is 0 Å². The van der Waals surface area contributed by atoms with Gasteiger partial charge in [-0.3, -0.25) is 0 Å². The van der Waals surface area contributed by atoms with Gasteiger partial charge in [-0.1, -0.05) is 33.3 Å². The van der Waals surface area contributed by atoms with Crippen LogP contribution in [0.15, 0.2) is 18.3 Å². The van der Waals surface area contributed by atoms with Crippen molar-refractivity contribution < 1.29 is 0 Å². The second-order valence-electron chi connectivity index (χ2n) is 8.45. The van der Waals surface area contributed by atoms with Crippen LogP contribution in [-0.2, 0) is 5.41 Å². The Kier molecular flexibility index (Phi) is 3.08. The minimum atomic E-state index is 0.172. The molecule has 1 heterocycles. The second-order valence-corrected chi connectivity index (χ2v) is 8.45. The first-order valence-electron chi connectivity index (χ1n) is 8.69. The molecule has 4 rings (SSSR count). The van der Waals surface area contributed by atoms with Crippen LogP contribution in [0.3, 0.4) is 0 Å². The minimum absolute atomic E-state index is 0.172. The number of hydrogen-bond acceptors (Lipinski definition) is 2. The van der Waals surface area contributed by atoms with Gasteiger partial charge in [0.15, 0.2) is 0 Å². The molecule has 2 heteroatoms. The predicted molar refractivity (Wildman–Crippen MR) is 91.2 cm³/mol. The highest BCUT2D eigenvalue weighted by molar-refractivity contribution is 5.83. The molecule has 0 N–H and O–H groups in total. The molecule has 3 atom stereocenters.